The SMILES string of the molecule is CCOC(=O)[C@@H]1CCCN(S(=O)(=O)N2CCC[C@@H]2c2ccccc2)C1. The highest BCUT2D eigenvalue weighted by Crippen LogP contribution is 2.36. The number of esters is 1. The predicted molar refractivity (Wildman–Crippen MR) is 95.0 cm³/mol. The van der Waals surface area contributed by atoms with Crippen LogP contribution in [0, 0.1) is 5.92 Å². The van der Waals surface area contributed by atoms with Gasteiger partial charge < -0.3 is 4.74 Å². The molecule has 138 valence electrons. The molecule has 2 fully saturated rings. The summed E-state index contributed by atoms with van der Waals surface area (Å²) in [7, 11) is -3.58. The Morgan fingerprint density at radius 1 is 1.16 bits per heavy atom. The van der Waals surface area contributed by atoms with E-state index in [4.69, 9.17) is 4.74 Å². The topological polar surface area (TPSA) is 66.9 Å². The summed E-state index contributed by atoms with van der Waals surface area (Å²) in [6, 6.07) is 9.67. The van der Waals surface area contributed by atoms with E-state index >= 15 is 0 Å². The van der Waals surface area contributed by atoms with Gasteiger partial charge in [-0.05, 0) is 38.2 Å². The van der Waals surface area contributed by atoms with Crippen molar-refractivity contribution in [1.29, 1.82) is 0 Å². The summed E-state index contributed by atoms with van der Waals surface area (Å²) < 4.78 is 34.6. The number of hydrogen-bond acceptors (Lipinski definition) is 4. The van der Waals surface area contributed by atoms with E-state index in [1.807, 2.05) is 30.3 Å². The number of ether oxygens (including phenoxy) is 1. The first kappa shape index (κ1) is 18.4. The van der Waals surface area contributed by atoms with Crippen LogP contribution in [-0.2, 0) is 19.7 Å². The third kappa shape index (κ3) is 3.88. The van der Waals surface area contributed by atoms with Gasteiger partial charge in [0.25, 0.3) is 10.2 Å². The molecule has 0 spiro atoms. The summed E-state index contributed by atoms with van der Waals surface area (Å²) in [5.41, 5.74) is 1.03. The van der Waals surface area contributed by atoms with Crippen LogP contribution in [0.15, 0.2) is 30.3 Å². The van der Waals surface area contributed by atoms with Gasteiger partial charge in [0, 0.05) is 19.6 Å². The van der Waals surface area contributed by atoms with E-state index in [-0.39, 0.29) is 24.5 Å². The number of carbonyl (C=O) groups is 1. The second kappa shape index (κ2) is 7.85. The molecule has 0 saturated carbocycles. The van der Waals surface area contributed by atoms with Crippen molar-refractivity contribution in [2.75, 3.05) is 26.2 Å². The molecule has 6 nitrogen and oxygen atoms in total. The minimum Gasteiger partial charge on any atom is -0.466 e. The molecule has 2 aliphatic heterocycles. The molecule has 2 saturated heterocycles. The molecule has 0 radical (unpaired) electrons. The van der Waals surface area contributed by atoms with Crippen molar-refractivity contribution in [1.82, 2.24) is 8.61 Å². The van der Waals surface area contributed by atoms with Gasteiger partial charge in [0.05, 0.1) is 18.6 Å². The summed E-state index contributed by atoms with van der Waals surface area (Å²) in [5, 5.41) is 0. The predicted octanol–water partition coefficient (Wildman–Crippen LogP) is 2.34. The second-order valence-corrected chi connectivity index (χ2v) is 8.52. The lowest BCUT2D eigenvalue weighted by atomic mass is 10.0. The molecule has 0 amide bonds. The van der Waals surface area contributed by atoms with Crippen molar-refractivity contribution in [3.05, 3.63) is 35.9 Å². The van der Waals surface area contributed by atoms with Crippen LogP contribution in [0.5, 0.6) is 0 Å². The lowest BCUT2D eigenvalue weighted by Crippen LogP contribution is -2.49. The summed E-state index contributed by atoms with van der Waals surface area (Å²) in [6.45, 7) is 3.31. The Hall–Kier alpha value is -1.44. The van der Waals surface area contributed by atoms with Crippen molar-refractivity contribution < 1.29 is 17.9 Å². The third-order valence-electron chi connectivity index (χ3n) is 5.01. The minimum absolute atomic E-state index is 0.117. The van der Waals surface area contributed by atoms with Crippen LogP contribution in [0.3, 0.4) is 0 Å². The van der Waals surface area contributed by atoms with Crippen molar-refractivity contribution >= 4 is 16.2 Å². The zero-order valence-electron chi connectivity index (χ0n) is 14.6. The Labute approximate surface area is 149 Å². The molecule has 0 unspecified atom stereocenters. The number of nitrogens with zero attached hydrogens (tertiary/aromatic N) is 2. The number of piperidine rings is 1. The van der Waals surface area contributed by atoms with Crippen molar-refractivity contribution in [2.24, 2.45) is 5.92 Å². The highest BCUT2D eigenvalue weighted by Gasteiger charge is 2.41. The first-order valence-electron chi connectivity index (χ1n) is 9.02. The number of carbonyl (C=O) groups excluding carboxylic acids is 1. The molecule has 2 aliphatic rings. The van der Waals surface area contributed by atoms with Gasteiger partial charge in [-0.25, -0.2) is 0 Å². The van der Waals surface area contributed by atoms with Gasteiger partial charge in [-0.2, -0.15) is 17.0 Å². The fourth-order valence-electron chi connectivity index (χ4n) is 3.78. The Morgan fingerprint density at radius 3 is 2.60 bits per heavy atom. The van der Waals surface area contributed by atoms with Gasteiger partial charge in [-0.1, -0.05) is 30.3 Å². The largest absolute Gasteiger partial charge is 0.466 e. The lowest BCUT2D eigenvalue weighted by molar-refractivity contribution is -0.149. The number of benzene rings is 1. The summed E-state index contributed by atoms with van der Waals surface area (Å²) in [4.78, 5) is 12.0. The van der Waals surface area contributed by atoms with Crippen LogP contribution in [0.4, 0.5) is 0 Å². The fraction of sp³-hybridized carbons (Fsp3) is 0.611. The smallest absolute Gasteiger partial charge is 0.310 e. The Kier molecular flexibility index (Phi) is 5.76. The average Bonchev–Trinajstić information content (AvgIpc) is 3.13. The van der Waals surface area contributed by atoms with Crippen LogP contribution < -0.4 is 0 Å². The molecular formula is C18H26N2O4S. The van der Waals surface area contributed by atoms with Gasteiger partial charge in [0.15, 0.2) is 0 Å². The van der Waals surface area contributed by atoms with E-state index < -0.39 is 10.2 Å². The van der Waals surface area contributed by atoms with E-state index in [0.717, 1.165) is 18.4 Å². The highest BCUT2D eigenvalue weighted by atomic mass is 32.2. The zero-order chi connectivity index (χ0) is 17.9. The number of rotatable bonds is 5. The highest BCUT2D eigenvalue weighted by molar-refractivity contribution is 7.86. The normalized spacial score (nSPS) is 25.8. The van der Waals surface area contributed by atoms with E-state index in [1.165, 1.54) is 4.31 Å². The average molecular weight is 366 g/mol. The van der Waals surface area contributed by atoms with Crippen molar-refractivity contribution in [2.45, 2.75) is 38.6 Å². The van der Waals surface area contributed by atoms with Crippen LogP contribution >= 0.6 is 0 Å². The lowest BCUT2D eigenvalue weighted by Gasteiger charge is -2.35. The van der Waals surface area contributed by atoms with Gasteiger partial charge in [-0.3, -0.25) is 4.79 Å². The Balaban J connectivity index is 1.77. The van der Waals surface area contributed by atoms with E-state index in [0.29, 0.717) is 32.5 Å². The molecule has 0 N–H and O–H groups in total. The molecule has 1 aromatic carbocycles. The summed E-state index contributed by atoms with van der Waals surface area (Å²) in [5.74, 6) is -0.648. The van der Waals surface area contributed by atoms with Gasteiger partial charge in [0.2, 0.25) is 0 Å². The molecule has 7 heteroatoms. The summed E-state index contributed by atoms with van der Waals surface area (Å²) in [6.07, 6.45) is 3.06. The van der Waals surface area contributed by atoms with E-state index in [2.05, 4.69) is 0 Å². The van der Waals surface area contributed by atoms with Crippen LogP contribution in [0.25, 0.3) is 0 Å². The Morgan fingerprint density at radius 2 is 1.88 bits per heavy atom. The monoisotopic (exact) mass is 366 g/mol. The molecule has 1 aromatic rings. The maximum atomic E-state index is 13.2. The van der Waals surface area contributed by atoms with Crippen molar-refractivity contribution in [3.63, 3.8) is 0 Å². The summed E-state index contributed by atoms with van der Waals surface area (Å²) >= 11 is 0. The van der Waals surface area contributed by atoms with Crippen LogP contribution in [-0.4, -0.2) is 49.2 Å². The number of hydrogen-bond donors (Lipinski definition) is 0. The first-order valence-corrected chi connectivity index (χ1v) is 10.4. The zero-order valence-corrected chi connectivity index (χ0v) is 15.5. The van der Waals surface area contributed by atoms with E-state index in [9.17, 15) is 13.2 Å². The third-order valence-corrected chi connectivity index (χ3v) is 7.03. The molecule has 2 atom stereocenters. The molecule has 0 aromatic heterocycles. The maximum absolute atomic E-state index is 13.2. The van der Waals surface area contributed by atoms with Gasteiger partial charge in [-0.15, -0.1) is 0 Å². The molecule has 0 bridgehead atoms. The van der Waals surface area contributed by atoms with Gasteiger partial charge in [0.1, 0.15) is 0 Å². The molecule has 2 heterocycles. The standard InChI is InChI=1S/C18H26N2O4S/c1-2-24-18(21)16-10-6-12-19(14-16)25(22,23)20-13-7-11-17(20)15-8-4-3-5-9-15/h3-5,8-9,16-17H,2,6-7,10-14H2,1H3/t16-,17-/m1/s1. The van der Waals surface area contributed by atoms with Crippen LogP contribution in [0.2, 0.25) is 0 Å². The Bertz CT molecular complexity index is 692. The quantitative estimate of drug-likeness (QED) is 0.750. The molecule has 0 aliphatic carbocycles. The molecule has 3 rings (SSSR count). The van der Waals surface area contributed by atoms with Crippen LogP contribution in [0.1, 0.15) is 44.2 Å². The second-order valence-electron chi connectivity index (χ2n) is 6.64. The minimum atomic E-state index is -3.58. The maximum Gasteiger partial charge on any atom is 0.310 e. The fourth-order valence-corrected chi connectivity index (χ4v) is 5.71. The first-order chi connectivity index (χ1) is 12.0. The van der Waals surface area contributed by atoms with Crippen molar-refractivity contribution in [3.8, 4) is 0 Å². The molecular weight excluding hydrogens is 340 g/mol. The van der Waals surface area contributed by atoms with E-state index in [1.54, 1.807) is 11.2 Å². The molecule has 25 heavy (non-hydrogen) atoms. The van der Waals surface area contributed by atoms with Gasteiger partial charge >= 0.3 is 5.97 Å².